The summed E-state index contributed by atoms with van der Waals surface area (Å²) < 4.78 is 1.41. The van der Waals surface area contributed by atoms with Gasteiger partial charge in [0.05, 0.1) is 18.2 Å². The first-order valence-corrected chi connectivity index (χ1v) is 8.44. The molecule has 2 aromatic rings. The summed E-state index contributed by atoms with van der Waals surface area (Å²) in [5.74, 6) is 0.658. The Morgan fingerprint density at radius 3 is 2.74 bits per heavy atom. The summed E-state index contributed by atoms with van der Waals surface area (Å²) in [4.78, 5) is 24.8. The molecule has 0 aliphatic carbocycles. The molecule has 1 heterocycles. The van der Waals surface area contributed by atoms with Gasteiger partial charge in [0.25, 0.3) is 11.5 Å². The quantitative estimate of drug-likeness (QED) is 0.758. The number of carbonyl (C=O) groups is 1. The number of aliphatic hydroxyl groups excluding tert-OH is 1. The second-order valence-electron chi connectivity index (χ2n) is 4.98. The van der Waals surface area contributed by atoms with Crippen molar-refractivity contribution in [3.63, 3.8) is 0 Å². The summed E-state index contributed by atoms with van der Waals surface area (Å²) in [7, 11) is 0. The zero-order valence-corrected chi connectivity index (χ0v) is 13.8. The maximum absolute atomic E-state index is 12.3. The fraction of sp³-hybridized carbons (Fsp3) is 0.294. The lowest BCUT2D eigenvalue weighted by Gasteiger charge is -2.14. The minimum Gasteiger partial charge on any atom is -0.389 e. The van der Waals surface area contributed by atoms with Gasteiger partial charge in [-0.3, -0.25) is 9.59 Å². The minimum atomic E-state index is -0.829. The van der Waals surface area contributed by atoms with E-state index in [1.165, 1.54) is 10.6 Å². The summed E-state index contributed by atoms with van der Waals surface area (Å²) >= 11 is 1.60. The number of aromatic nitrogens is 1. The molecule has 0 fully saturated rings. The molecular weight excluding hydrogens is 312 g/mol. The molecule has 0 bridgehead atoms. The fourth-order valence-electron chi connectivity index (χ4n) is 2.14. The maximum atomic E-state index is 12.3. The lowest BCUT2D eigenvalue weighted by atomic mass is 10.2. The smallest absolute Gasteiger partial charge is 0.252 e. The third-order valence-electron chi connectivity index (χ3n) is 3.24. The van der Waals surface area contributed by atoms with Gasteiger partial charge in [-0.15, -0.1) is 11.8 Å². The fourth-order valence-corrected chi connectivity index (χ4v) is 2.95. The standard InChI is InChI=1S/C17H20N2O3S/c1-2-23-15-8-4-3-7-14(15)17(22)18-11-13(20)12-19-10-6-5-9-16(19)21/h3-10,13,20H,2,11-12H2,1H3,(H,18,22)/t13-/m0/s1. The van der Waals surface area contributed by atoms with E-state index >= 15 is 0 Å². The van der Waals surface area contributed by atoms with E-state index in [9.17, 15) is 14.7 Å². The van der Waals surface area contributed by atoms with Gasteiger partial charge in [0.1, 0.15) is 0 Å². The third kappa shape index (κ3) is 4.97. The summed E-state index contributed by atoms with van der Waals surface area (Å²) in [6.45, 7) is 2.26. The molecule has 0 unspecified atom stereocenters. The Balaban J connectivity index is 1.94. The summed E-state index contributed by atoms with van der Waals surface area (Å²) in [6, 6.07) is 12.2. The molecule has 2 N–H and O–H groups in total. The van der Waals surface area contributed by atoms with Crippen LogP contribution >= 0.6 is 11.8 Å². The molecule has 0 aliphatic heterocycles. The van der Waals surface area contributed by atoms with E-state index in [2.05, 4.69) is 5.32 Å². The molecule has 0 spiro atoms. The summed E-state index contributed by atoms with van der Waals surface area (Å²) in [6.07, 6.45) is 0.783. The SMILES string of the molecule is CCSc1ccccc1C(=O)NC[C@H](O)Cn1ccccc1=O. The zero-order valence-electron chi connectivity index (χ0n) is 12.9. The first-order chi connectivity index (χ1) is 11.1. The summed E-state index contributed by atoms with van der Waals surface area (Å²) in [5, 5.41) is 12.7. The number of aliphatic hydroxyl groups is 1. The number of rotatable bonds is 7. The molecule has 1 amide bonds. The highest BCUT2D eigenvalue weighted by Crippen LogP contribution is 2.21. The van der Waals surface area contributed by atoms with Gasteiger partial charge in [-0.25, -0.2) is 0 Å². The molecule has 1 atom stereocenters. The van der Waals surface area contributed by atoms with Gasteiger partial charge >= 0.3 is 0 Å². The van der Waals surface area contributed by atoms with Gasteiger partial charge in [-0.1, -0.05) is 25.1 Å². The predicted octanol–water partition coefficient (Wildman–Crippen LogP) is 1.75. The number of hydrogen-bond acceptors (Lipinski definition) is 4. The van der Waals surface area contributed by atoms with Gasteiger partial charge in [0.2, 0.25) is 0 Å². The number of thioether (sulfide) groups is 1. The molecule has 0 radical (unpaired) electrons. The van der Waals surface area contributed by atoms with E-state index in [1.54, 1.807) is 36.2 Å². The Kier molecular flexibility index (Phi) is 6.43. The lowest BCUT2D eigenvalue weighted by Crippen LogP contribution is -2.36. The Hall–Kier alpha value is -2.05. The van der Waals surface area contributed by atoms with Crippen molar-refractivity contribution in [1.82, 2.24) is 9.88 Å². The van der Waals surface area contributed by atoms with Gasteiger partial charge in [-0.05, 0) is 24.0 Å². The van der Waals surface area contributed by atoms with Crippen molar-refractivity contribution in [1.29, 1.82) is 0 Å². The zero-order chi connectivity index (χ0) is 16.7. The monoisotopic (exact) mass is 332 g/mol. The van der Waals surface area contributed by atoms with E-state index in [0.29, 0.717) is 5.56 Å². The van der Waals surface area contributed by atoms with Gasteiger partial charge < -0.3 is 15.0 Å². The first-order valence-electron chi connectivity index (χ1n) is 7.45. The Labute approximate surface area is 139 Å². The third-order valence-corrected chi connectivity index (χ3v) is 4.19. The van der Waals surface area contributed by atoms with Crippen LogP contribution in [-0.4, -0.2) is 34.0 Å². The molecule has 6 heteroatoms. The Morgan fingerprint density at radius 2 is 2.00 bits per heavy atom. The minimum absolute atomic E-state index is 0.0886. The number of hydrogen-bond donors (Lipinski definition) is 2. The average Bonchev–Trinajstić information content (AvgIpc) is 2.55. The van der Waals surface area contributed by atoms with Crippen LogP contribution in [0.4, 0.5) is 0 Å². The highest BCUT2D eigenvalue weighted by Gasteiger charge is 2.13. The Morgan fingerprint density at radius 1 is 1.26 bits per heavy atom. The van der Waals surface area contributed by atoms with Crippen LogP contribution in [0.25, 0.3) is 0 Å². The first kappa shape index (κ1) is 17.3. The highest BCUT2D eigenvalue weighted by atomic mass is 32.2. The van der Waals surface area contributed by atoms with Crippen LogP contribution < -0.4 is 10.9 Å². The molecule has 0 saturated carbocycles. The van der Waals surface area contributed by atoms with Gasteiger partial charge in [0.15, 0.2) is 0 Å². The van der Waals surface area contributed by atoms with Crippen LogP contribution in [0.5, 0.6) is 0 Å². The van der Waals surface area contributed by atoms with E-state index < -0.39 is 6.10 Å². The number of nitrogens with one attached hydrogen (secondary N) is 1. The maximum Gasteiger partial charge on any atom is 0.252 e. The number of carbonyl (C=O) groups excluding carboxylic acids is 1. The molecule has 5 nitrogen and oxygen atoms in total. The largest absolute Gasteiger partial charge is 0.389 e. The predicted molar refractivity (Wildman–Crippen MR) is 91.9 cm³/mol. The van der Waals surface area contributed by atoms with Crippen molar-refractivity contribution in [3.05, 3.63) is 64.6 Å². The van der Waals surface area contributed by atoms with Crippen LogP contribution in [0.1, 0.15) is 17.3 Å². The number of pyridine rings is 1. The van der Waals surface area contributed by atoms with Crippen LogP contribution in [0.15, 0.2) is 58.4 Å². The van der Waals surface area contributed by atoms with Gasteiger partial charge in [0, 0.05) is 23.7 Å². The van der Waals surface area contributed by atoms with Crippen molar-refractivity contribution in [2.75, 3.05) is 12.3 Å². The molecule has 122 valence electrons. The van der Waals surface area contributed by atoms with Crippen molar-refractivity contribution in [2.45, 2.75) is 24.5 Å². The number of benzene rings is 1. The van der Waals surface area contributed by atoms with Crippen LogP contribution in [-0.2, 0) is 6.54 Å². The van der Waals surface area contributed by atoms with E-state index in [-0.39, 0.29) is 24.6 Å². The molecule has 0 saturated heterocycles. The van der Waals surface area contributed by atoms with E-state index in [4.69, 9.17) is 0 Å². The molecule has 23 heavy (non-hydrogen) atoms. The van der Waals surface area contributed by atoms with Crippen molar-refractivity contribution in [2.24, 2.45) is 0 Å². The van der Waals surface area contributed by atoms with Crippen molar-refractivity contribution in [3.8, 4) is 0 Å². The molecular formula is C17H20N2O3S. The highest BCUT2D eigenvalue weighted by molar-refractivity contribution is 7.99. The topological polar surface area (TPSA) is 71.3 Å². The normalized spacial score (nSPS) is 11.9. The van der Waals surface area contributed by atoms with Crippen molar-refractivity contribution < 1.29 is 9.90 Å². The molecule has 1 aromatic carbocycles. The molecule has 2 rings (SSSR count). The van der Waals surface area contributed by atoms with Crippen LogP contribution in [0.3, 0.4) is 0 Å². The van der Waals surface area contributed by atoms with Crippen LogP contribution in [0, 0.1) is 0 Å². The second-order valence-corrected chi connectivity index (χ2v) is 6.29. The number of nitrogens with zero attached hydrogens (tertiary/aromatic N) is 1. The van der Waals surface area contributed by atoms with E-state index in [0.717, 1.165) is 10.6 Å². The number of amides is 1. The second kappa shape index (κ2) is 8.55. The van der Waals surface area contributed by atoms with E-state index in [1.807, 2.05) is 25.1 Å². The average molecular weight is 332 g/mol. The molecule has 1 aromatic heterocycles. The molecule has 0 aliphatic rings. The van der Waals surface area contributed by atoms with Crippen LogP contribution in [0.2, 0.25) is 0 Å². The van der Waals surface area contributed by atoms with Crippen molar-refractivity contribution >= 4 is 17.7 Å². The summed E-state index contributed by atoms with van der Waals surface area (Å²) in [5.41, 5.74) is 0.422. The van der Waals surface area contributed by atoms with Gasteiger partial charge in [-0.2, -0.15) is 0 Å². The Bertz CT molecular complexity index is 715. The lowest BCUT2D eigenvalue weighted by molar-refractivity contribution is 0.0900.